The average molecular weight is 124 g/mol. The number of hydrogen-bond acceptors (Lipinski definition) is 0. The molecular formula is C7H18B2. The van der Waals surface area contributed by atoms with Crippen LogP contribution in [0, 0.1) is 5.92 Å². The summed E-state index contributed by atoms with van der Waals surface area (Å²) in [7, 11) is 4.57. The van der Waals surface area contributed by atoms with Crippen LogP contribution < -0.4 is 0 Å². The van der Waals surface area contributed by atoms with E-state index in [1.54, 1.807) is 0 Å². The van der Waals surface area contributed by atoms with E-state index < -0.39 is 0 Å². The average Bonchev–Trinajstić information content (AvgIpc) is 1.62. The summed E-state index contributed by atoms with van der Waals surface area (Å²) in [4.78, 5) is 0. The zero-order valence-electron chi connectivity index (χ0n) is 7.49. The second kappa shape index (κ2) is 3.34. The minimum atomic E-state index is 0.523. The zero-order valence-corrected chi connectivity index (χ0v) is 7.49. The molecule has 0 saturated carbocycles. The third-order valence-corrected chi connectivity index (χ3v) is 1.66. The zero-order chi connectivity index (χ0) is 7.49. The van der Waals surface area contributed by atoms with Crippen molar-refractivity contribution in [1.82, 2.24) is 0 Å². The molecule has 0 spiro atoms. The second-order valence-corrected chi connectivity index (χ2v) is 4.28. The highest BCUT2D eigenvalue weighted by molar-refractivity contribution is 6.14. The Balaban J connectivity index is 3.47. The van der Waals surface area contributed by atoms with Crippen molar-refractivity contribution in [3.8, 4) is 0 Å². The molecule has 0 aromatic heterocycles. The highest BCUT2D eigenvalue weighted by Gasteiger charge is 2.13. The Hall–Kier alpha value is 0.130. The van der Waals surface area contributed by atoms with Gasteiger partial charge in [-0.05, 0) is 0 Å². The fourth-order valence-corrected chi connectivity index (χ4v) is 1.19. The standard InChI is InChI=1S/C7H18B2/c1-6(5-8)4-7(2,3)9/h6H,4-5,8-9H2,1-3H3. The highest BCUT2D eigenvalue weighted by atomic mass is 14.1. The second-order valence-electron chi connectivity index (χ2n) is 4.28. The molecule has 0 fully saturated rings. The van der Waals surface area contributed by atoms with Crippen LogP contribution in [-0.4, -0.2) is 15.7 Å². The van der Waals surface area contributed by atoms with E-state index in [2.05, 4.69) is 36.5 Å². The molecule has 52 valence electrons. The summed E-state index contributed by atoms with van der Waals surface area (Å²) in [5, 5.41) is 0.523. The molecule has 0 bridgehead atoms. The molecule has 0 aliphatic heterocycles. The molecule has 0 aliphatic rings. The van der Waals surface area contributed by atoms with Gasteiger partial charge in [0.2, 0.25) is 0 Å². The highest BCUT2D eigenvalue weighted by Crippen LogP contribution is 2.29. The SMILES string of the molecule is BCC(C)CC(B)(C)C. The smallest absolute Gasteiger partial charge is 0.0785 e. The lowest BCUT2D eigenvalue weighted by atomic mass is 9.66. The summed E-state index contributed by atoms with van der Waals surface area (Å²) in [5.41, 5.74) is 0. The van der Waals surface area contributed by atoms with Gasteiger partial charge >= 0.3 is 0 Å². The molecule has 0 heterocycles. The first-order valence-electron chi connectivity index (χ1n) is 3.95. The van der Waals surface area contributed by atoms with Crippen LogP contribution in [0.4, 0.5) is 0 Å². The van der Waals surface area contributed by atoms with Gasteiger partial charge in [0.25, 0.3) is 0 Å². The molecule has 0 radical (unpaired) electrons. The maximum atomic E-state index is 2.32. The van der Waals surface area contributed by atoms with Gasteiger partial charge in [0.1, 0.15) is 15.7 Å². The Morgan fingerprint density at radius 2 is 1.89 bits per heavy atom. The van der Waals surface area contributed by atoms with E-state index in [0.29, 0.717) is 5.31 Å². The lowest BCUT2D eigenvalue weighted by Crippen LogP contribution is -2.07. The molecule has 0 aromatic carbocycles. The van der Waals surface area contributed by atoms with Crippen LogP contribution in [0.25, 0.3) is 0 Å². The molecule has 0 nitrogen and oxygen atoms in total. The Labute approximate surface area is 61.2 Å². The maximum Gasteiger partial charge on any atom is 0.108 e. The van der Waals surface area contributed by atoms with Gasteiger partial charge in [0, 0.05) is 0 Å². The summed E-state index contributed by atoms with van der Waals surface area (Å²) >= 11 is 0. The van der Waals surface area contributed by atoms with Crippen LogP contribution in [0.1, 0.15) is 27.2 Å². The molecule has 1 unspecified atom stereocenters. The van der Waals surface area contributed by atoms with Gasteiger partial charge in [-0.2, -0.15) is 0 Å². The van der Waals surface area contributed by atoms with Gasteiger partial charge in [-0.3, -0.25) is 0 Å². The molecule has 0 N–H and O–H groups in total. The quantitative estimate of drug-likeness (QED) is 0.490. The maximum absolute atomic E-state index is 2.32. The van der Waals surface area contributed by atoms with Gasteiger partial charge in [0.15, 0.2) is 0 Å². The van der Waals surface area contributed by atoms with Crippen LogP contribution in [-0.2, 0) is 0 Å². The molecule has 1 atom stereocenters. The first kappa shape index (κ1) is 9.13. The molecule has 9 heavy (non-hydrogen) atoms. The molecular weight excluding hydrogens is 106 g/mol. The van der Waals surface area contributed by atoms with Crippen molar-refractivity contribution in [1.29, 1.82) is 0 Å². The van der Waals surface area contributed by atoms with Crippen LogP contribution in [0.2, 0.25) is 11.6 Å². The lowest BCUT2D eigenvalue weighted by molar-refractivity contribution is 0.486. The molecule has 0 rings (SSSR count). The molecule has 0 amide bonds. The van der Waals surface area contributed by atoms with Crippen molar-refractivity contribution < 1.29 is 0 Å². The Morgan fingerprint density at radius 1 is 1.44 bits per heavy atom. The van der Waals surface area contributed by atoms with Crippen molar-refractivity contribution >= 4 is 15.7 Å². The van der Waals surface area contributed by atoms with Crippen molar-refractivity contribution in [3.05, 3.63) is 0 Å². The van der Waals surface area contributed by atoms with Crippen LogP contribution in [0.5, 0.6) is 0 Å². The van der Waals surface area contributed by atoms with Crippen molar-refractivity contribution in [2.45, 2.75) is 38.8 Å². The Bertz CT molecular complexity index is 73.5. The predicted molar refractivity (Wildman–Crippen MR) is 49.7 cm³/mol. The number of hydrogen-bond donors (Lipinski definition) is 0. The van der Waals surface area contributed by atoms with E-state index in [-0.39, 0.29) is 0 Å². The van der Waals surface area contributed by atoms with Crippen molar-refractivity contribution in [3.63, 3.8) is 0 Å². The van der Waals surface area contributed by atoms with E-state index >= 15 is 0 Å². The van der Waals surface area contributed by atoms with Crippen LogP contribution >= 0.6 is 0 Å². The summed E-state index contributed by atoms with van der Waals surface area (Å²) in [6, 6.07) is 0. The van der Waals surface area contributed by atoms with Crippen LogP contribution in [0.3, 0.4) is 0 Å². The molecule has 0 aliphatic carbocycles. The Kier molecular flexibility index (Phi) is 3.38. The lowest BCUT2D eigenvalue weighted by Gasteiger charge is -2.21. The van der Waals surface area contributed by atoms with Crippen molar-refractivity contribution in [2.75, 3.05) is 0 Å². The largest absolute Gasteiger partial charge is 0.108 e. The van der Waals surface area contributed by atoms with E-state index in [1.807, 2.05) is 0 Å². The summed E-state index contributed by atoms with van der Waals surface area (Å²) in [6.07, 6.45) is 2.67. The third-order valence-electron chi connectivity index (χ3n) is 1.66. The van der Waals surface area contributed by atoms with Gasteiger partial charge < -0.3 is 0 Å². The first-order chi connectivity index (χ1) is 3.95. The monoisotopic (exact) mass is 124 g/mol. The van der Waals surface area contributed by atoms with Gasteiger partial charge in [-0.1, -0.05) is 44.7 Å². The first-order valence-corrected chi connectivity index (χ1v) is 3.95. The summed E-state index contributed by atoms with van der Waals surface area (Å²) < 4.78 is 0. The summed E-state index contributed by atoms with van der Waals surface area (Å²) in [5.74, 6) is 0.894. The molecule has 0 aromatic rings. The van der Waals surface area contributed by atoms with E-state index in [0.717, 1.165) is 5.92 Å². The van der Waals surface area contributed by atoms with E-state index in [1.165, 1.54) is 12.7 Å². The normalized spacial score (nSPS) is 15.4. The minimum Gasteiger partial charge on any atom is -0.0785 e. The van der Waals surface area contributed by atoms with E-state index in [9.17, 15) is 0 Å². The molecule has 2 heteroatoms. The number of rotatable bonds is 3. The summed E-state index contributed by atoms with van der Waals surface area (Å²) in [6.45, 7) is 6.93. The molecule has 0 saturated heterocycles. The van der Waals surface area contributed by atoms with Gasteiger partial charge in [-0.25, -0.2) is 0 Å². The third kappa shape index (κ3) is 6.01. The van der Waals surface area contributed by atoms with Crippen LogP contribution in [0.15, 0.2) is 0 Å². The van der Waals surface area contributed by atoms with Gasteiger partial charge in [0.05, 0.1) is 0 Å². The fraction of sp³-hybridized carbons (Fsp3) is 1.00. The van der Waals surface area contributed by atoms with Gasteiger partial charge in [-0.15, -0.1) is 0 Å². The minimum absolute atomic E-state index is 0.523. The fourth-order valence-electron chi connectivity index (χ4n) is 1.19. The Morgan fingerprint density at radius 3 is 2.00 bits per heavy atom. The predicted octanol–water partition coefficient (Wildman–Crippen LogP) is 0.896. The van der Waals surface area contributed by atoms with E-state index in [4.69, 9.17) is 0 Å². The topological polar surface area (TPSA) is 0 Å². The van der Waals surface area contributed by atoms with Crippen molar-refractivity contribution in [2.24, 2.45) is 5.92 Å².